The van der Waals surface area contributed by atoms with E-state index in [1.54, 1.807) is 12.3 Å². The highest BCUT2D eigenvalue weighted by Gasteiger charge is 2.13. The van der Waals surface area contributed by atoms with Gasteiger partial charge in [-0.3, -0.25) is 19.1 Å². The number of aryl methyl sites for hydroxylation is 1. The van der Waals surface area contributed by atoms with Gasteiger partial charge in [0, 0.05) is 6.20 Å². The van der Waals surface area contributed by atoms with Gasteiger partial charge in [0.15, 0.2) is 0 Å². The molecule has 0 fully saturated rings. The average Bonchev–Trinajstić information content (AvgIpc) is 2.58. The number of para-hydroxylation sites is 1. The summed E-state index contributed by atoms with van der Waals surface area (Å²) in [5.74, 6) is -0.260. The summed E-state index contributed by atoms with van der Waals surface area (Å²) < 4.78 is 1.32. The Kier molecular flexibility index (Phi) is 4.37. The summed E-state index contributed by atoms with van der Waals surface area (Å²) in [7, 11) is 0. The molecule has 3 aromatic rings. The molecule has 2 aromatic heterocycles. The van der Waals surface area contributed by atoms with Crippen molar-refractivity contribution in [3.8, 4) is 0 Å². The first-order valence-corrected chi connectivity index (χ1v) is 7.71. The van der Waals surface area contributed by atoms with Crippen LogP contribution in [-0.4, -0.2) is 20.4 Å². The molecule has 0 aliphatic rings. The van der Waals surface area contributed by atoms with Crippen LogP contribution in [0.3, 0.4) is 0 Å². The summed E-state index contributed by atoms with van der Waals surface area (Å²) in [5, 5.41) is 3.36. The Morgan fingerprint density at radius 3 is 2.79 bits per heavy atom. The molecule has 2 heterocycles. The van der Waals surface area contributed by atoms with Gasteiger partial charge in [-0.25, -0.2) is 4.98 Å². The number of hydrogen-bond acceptors (Lipinski definition) is 4. The molecule has 1 amide bonds. The molecule has 6 heteroatoms. The first-order valence-electron chi connectivity index (χ1n) is 7.71. The first kappa shape index (κ1) is 15.9. The Bertz CT molecular complexity index is 935. The fourth-order valence-electron chi connectivity index (χ4n) is 2.60. The minimum Gasteiger partial charge on any atom is -0.346 e. The topological polar surface area (TPSA) is 76.9 Å². The highest BCUT2D eigenvalue weighted by molar-refractivity contribution is 5.81. The van der Waals surface area contributed by atoms with Crippen molar-refractivity contribution in [1.82, 2.24) is 19.9 Å². The van der Waals surface area contributed by atoms with Crippen LogP contribution in [0.2, 0.25) is 0 Å². The van der Waals surface area contributed by atoms with Gasteiger partial charge in [-0.15, -0.1) is 0 Å². The molecule has 3 rings (SSSR count). The molecule has 0 aliphatic carbocycles. The third-order valence-electron chi connectivity index (χ3n) is 3.88. The van der Waals surface area contributed by atoms with E-state index in [1.165, 1.54) is 10.9 Å². The number of fused-ring (bicyclic) bond motifs is 1. The molecule has 24 heavy (non-hydrogen) atoms. The molecule has 0 saturated carbocycles. The maximum Gasteiger partial charge on any atom is 0.261 e. The van der Waals surface area contributed by atoms with Gasteiger partial charge in [-0.05, 0) is 37.6 Å². The summed E-state index contributed by atoms with van der Waals surface area (Å²) in [5.41, 5.74) is 2.15. The zero-order chi connectivity index (χ0) is 17.1. The minimum absolute atomic E-state index is 0.0765. The van der Waals surface area contributed by atoms with Crippen molar-refractivity contribution in [1.29, 1.82) is 0 Å². The molecule has 0 spiro atoms. The molecule has 122 valence electrons. The SMILES string of the molecule is Cc1cccc2c(=O)n(CC(=O)N[C@@H](C)c3ccccn3)cnc12. The standard InChI is InChI=1S/C18H18N4O2/c1-12-6-5-7-14-17(12)20-11-22(18(14)24)10-16(23)21-13(2)15-8-3-4-9-19-15/h3-9,11,13H,10H2,1-2H3,(H,21,23)/t13-/m0/s1. The maximum absolute atomic E-state index is 12.5. The number of rotatable bonds is 4. The van der Waals surface area contributed by atoms with Crippen molar-refractivity contribution in [2.24, 2.45) is 0 Å². The molecule has 1 N–H and O–H groups in total. The van der Waals surface area contributed by atoms with Crippen LogP contribution in [0, 0.1) is 6.92 Å². The van der Waals surface area contributed by atoms with Crippen LogP contribution < -0.4 is 10.9 Å². The predicted molar refractivity (Wildman–Crippen MR) is 91.5 cm³/mol. The highest BCUT2D eigenvalue weighted by atomic mass is 16.2. The van der Waals surface area contributed by atoms with Crippen molar-refractivity contribution >= 4 is 16.8 Å². The van der Waals surface area contributed by atoms with E-state index < -0.39 is 0 Å². The number of benzene rings is 1. The lowest BCUT2D eigenvalue weighted by atomic mass is 10.1. The molecule has 1 aromatic carbocycles. The summed E-state index contributed by atoms with van der Waals surface area (Å²) in [6.07, 6.45) is 3.10. The van der Waals surface area contributed by atoms with Crippen molar-refractivity contribution in [2.75, 3.05) is 0 Å². The largest absolute Gasteiger partial charge is 0.346 e. The first-order chi connectivity index (χ1) is 11.6. The second kappa shape index (κ2) is 6.62. The highest BCUT2D eigenvalue weighted by Crippen LogP contribution is 2.11. The Hall–Kier alpha value is -3.02. The predicted octanol–water partition coefficient (Wildman–Crippen LogP) is 1.98. The molecule has 0 bridgehead atoms. The number of hydrogen-bond donors (Lipinski definition) is 1. The monoisotopic (exact) mass is 322 g/mol. The number of nitrogens with zero attached hydrogens (tertiary/aromatic N) is 3. The molecule has 1 atom stereocenters. The molecule has 0 radical (unpaired) electrons. The maximum atomic E-state index is 12.5. The van der Waals surface area contributed by atoms with Gasteiger partial charge in [-0.1, -0.05) is 18.2 Å². The quantitative estimate of drug-likeness (QED) is 0.797. The fourth-order valence-corrected chi connectivity index (χ4v) is 2.60. The third-order valence-corrected chi connectivity index (χ3v) is 3.88. The van der Waals surface area contributed by atoms with Crippen LogP contribution in [0.5, 0.6) is 0 Å². The van der Waals surface area contributed by atoms with Gasteiger partial charge in [0.1, 0.15) is 6.54 Å². The molecule has 0 aliphatic heterocycles. The molecule has 0 unspecified atom stereocenters. The summed E-state index contributed by atoms with van der Waals surface area (Å²) in [6, 6.07) is 10.7. The minimum atomic E-state index is -0.260. The summed E-state index contributed by atoms with van der Waals surface area (Å²) in [6.45, 7) is 3.68. The van der Waals surface area contributed by atoms with E-state index in [2.05, 4.69) is 15.3 Å². The molecular weight excluding hydrogens is 304 g/mol. The van der Waals surface area contributed by atoms with Crippen LogP contribution >= 0.6 is 0 Å². The van der Waals surface area contributed by atoms with E-state index in [0.29, 0.717) is 10.9 Å². The van der Waals surface area contributed by atoms with E-state index >= 15 is 0 Å². The summed E-state index contributed by atoms with van der Waals surface area (Å²) in [4.78, 5) is 33.2. The Labute approximate surface area is 139 Å². The lowest BCUT2D eigenvalue weighted by molar-refractivity contribution is -0.122. The van der Waals surface area contributed by atoms with Gasteiger partial charge in [0.25, 0.3) is 5.56 Å². The number of amides is 1. The number of pyridine rings is 1. The average molecular weight is 322 g/mol. The Morgan fingerprint density at radius 1 is 1.21 bits per heavy atom. The number of carbonyl (C=O) groups is 1. The van der Waals surface area contributed by atoms with E-state index in [4.69, 9.17) is 0 Å². The van der Waals surface area contributed by atoms with Crippen LogP contribution in [0.25, 0.3) is 10.9 Å². The van der Waals surface area contributed by atoms with Crippen molar-refractivity contribution < 1.29 is 4.79 Å². The zero-order valence-electron chi connectivity index (χ0n) is 13.6. The van der Waals surface area contributed by atoms with E-state index in [1.807, 2.05) is 44.2 Å². The summed E-state index contributed by atoms with van der Waals surface area (Å²) >= 11 is 0. The van der Waals surface area contributed by atoms with Crippen molar-refractivity contribution in [2.45, 2.75) is 26.4 Å². The molecule has 6 nitrogen and oxygen atoms in total. The fraction of sp³-hybridized carbons (Fsp3) is 0.222. The second-order valence-corrected chi connectivity index (χ2v) is 5.69. The van der Waals surface area contributed by atoms with Gasteiger partial charge in [-0.2, -0.15) is 0 Å². The smallest absolute Gasteiger partial charge is 0.261 e. The van der Waals surface area contributed by atoms with E-state index in [9.17, 15) is 9.59 Å². The van der Waals surface area contributed by atoms with Gasteiger partial charge < -0.3 is 5.32 Å². The van der Waals surface area contributed by atoms with Crippen molar-refractivity contribution in [3.05, 3.63) is 70.5 Å². The van der Waals surface area contributed by atoms with Crippen LogP contribution in [0.15, 0.2) is 53.7 Å². The number of nitrogens with one attached hydrogen (secondary N) is 1. The van der Waals surface area contributed by atoms with Crippen molar-refractivity contribution in [3.63, 3.8) is 0 Å². The van der Waals surface area contributed by atoms with E-state index in [-0.39, 0.29) is 24.1 Å². The lowest BCUT2D eigenvalue weighted by Gasteiger charge is -2.14. The van der Waals surface area contributed by atoms with Gasteiger partial charge in [0.2, 0.25) is 5.91 Å². The normalized spacial score (nSPS) is 12.1. The third kappa shape index (κ3) is 3.17. The number of aromatic nitrogens is 3. The number of carbonyl (C=O) groups excluding carboxylic acids is 1. The zero-order valence-corrected chi connectivity index (χ0v) is 13.6. The Morgan fingerprint density at radius 2 is 2.04 bits per heavy atom. The van der Waals surface area contributed by atoms with E-state index in [0.717, 1.165) is 11.3 Å². The van der Waals surface area contributed by atoms with Crippen LogP contribution in [0.4, 0.5) is 0 Å². The Balaban J connectivity index is 1.79. The van der Waals surface area contributed by atoms with Crippen LogP contribution in [-0.2, 0) is 11.3 Å². The molecule has 0 saturated heterocycles. The molecular formula is C18H18N4O2. The lowest BCUT2D eigenvalue weighted by Crippen LogP contribution is -2.34. The second-order valence-electron chi connectivity index (χ2n) is 5.69. The van der Waals surface area contributed by atoms with Crippen LogP contribution in [0.1, 0.15) is 24.2 Å². The van der Waals surface area contributed by atoms with Gasteiger partial charge >= 0.3 is 0 Å². The van der Waals surface area contributed by atoms with Gasteiger partial charge in [0.05, 0.1) is 29.0 Å².